The van der Waals surface area contributed by atoms with Gasteiger partial charge in [-0.05, 0) is 64.7 Å². The fourth-order valence-electron chi connectivity index (χ4n) is 11.7. The quantitative estimate of drug-likeness (QED) is 0.0568. The van der Waals surface area contributed by atoms with Crippen LogP contribution in [0.15, 0.2) is 0 Å². The molecule has 0 radical (unpaired) electrons. The normalized spacial score (nSPS) is 52.6. The monoisotopic (exact) mass is 1050 g/mol. The van der Waals surface area contributed by atoms with Crippen molar-refractivity contribution in [2.75, 3.05) is 19.8 Å². The van der Waals surface area contributed by atoms with E-state index >= 15 is 0 Å². The summed E-state index contributed by atoms with van der Waals surface area (Å²) in [6.45, 7) is -0.146. The van der Waals surface area contributed by atoms with Crippen molar-refractivity contribution in [1.29, 1.82) is 0 Å². The van der Waals surface area contributed by atoms with Gasteiger partial charge in [-0.2, -0.15) is 0 Å². The Bertz CT molecular complexity index is 1700. The highest BCUT2D eigenvalue weighted by Crippen LogP contribution is 2.43. The van der Waals surface area contributed by atoms with Gasteiger partial charge in [-0.25, -0.2) is 0 Å². The maximum atomic E-state index is 13.2. The Balaban J connectivity index is 0.853. The van der Waals surface area contributed by atoms with Crippen LogP contribution in [0, 0.1) is 17.8 Å². The van der Waals surface area contributed by atoms with Crippen molar-refractivity contribution in [3.63, 3.8) is 0 Å². The first kappa shape index (κ1) is 56.7. The molecule has 8 aliphatic rings. The molecule has 5 heterocycles. The summed E-state index contributed by atoms with van der Waals surface area (Å²) in [6.07, 6.45) is -31.2. The zero-order valence-electron chi connectivity index (χ0n) is 40.0. The molecule has 26 atom stereocenters. The second kappa shape index (κ2) is 24.5. The number of aliphatic hydroxyl groups is 17. The van der Waals surface area contributed by atoms with Gasteiger partial charge in [-0.15, -0.1) is 0 Å². The predicted octanol–water partition coefficient (Wildman–Crippen LogP) is -6.87. The number of rotatable bonds is 14. The Labute approximate surface area is 414 Å². The molecule has 8 rings (SSSR count). The average molecular weight is 1050 g/mol. The summed E-state index contributed by atoms with van der Waals surface area (Å²) in [5, 5.41) is 158. The molecule has 8 fully saturated rings. The number of hydrogen-bond acceptors (Lipinski definition) is 25. The fourth-order valence-corrected chi connectivity index (χ4v) is 11.7. The van der Waals surface area contributed by atoms with Crippen LogP contribution in [0.1, 0.15) is 77.6 Å². The Morgan fingerprint density at radius 2 is 1.03 bits per heavy atom. The maximum absolute atomic E-state index is 13.2. The van der Waals surface area contributed by atoms with Crippen LogP contribution in [-0.2, 0) is 47.4 Å². The molecule has 3 aliphatic carbocycles. The molecular formula is C46H77O26+. The Kier molecular flexibility index (Phi) is 19.3. The van der Waals surface area contributed by atoms with E-state index in [1.807, 2.05) is 0 Å². The Morgan fingerprint density at radius 1 is 0.514 bits per heavy atom. The lowest BCUT2D eigenvalue weighted by Gasteiger charge is -2.49. The first-order valence-electron chi connectivity index (χ1n) is 25.4. The highest BCUT2D eigenvalue weighted by Gasteiger charge is 2.56. The molecular weight excluding hydrogens is 968 g/mol. The van der Waals surface area contributed by atoms with Crippen LogP contribution in [0.5, 0.6) is 0 Å². The van der Waals surface area contributed by atoms with E-state index in [0.29, 0.717) is 51.4 Å². The van der Waals surface area contributed by atoms with E-state index in [4.69, 9.17) is 47.4 Å². The molecule has 26 nitrogen and oxygen atoms in total. The standard InChI is InChI=1S/C46H76O26/c1-16-29(50)33(54)37(58)43(65-16)64-15-28-32(53)36(57)40(61)46(72-28)69-25-12-22-23(49)10-21(11-24(22)68-41(25)17-2-6-19(48)7-3-17)67-45-39(60)35(56)31(52)27(71-45)14-63-42(62)18-4-8-20(9-5-18)66-44-38(59)34(55)30(51)26(13-47)70-44/h16-41,43-61H,2-15H2,1H3/p+1. The van der Waals surface area contributed by atoms with Crippen LogP contribution >= 0.6 is 0 Å². The maximum Gasteiger partial charge on any atom is 0.309 e. The predicted molar refractivity (Wildman–Crippen MR) is 234 cm³/mol. The van der Waals surface area contributed by atoms with Gasteiger partial charge in [0.1, 0.15) is 104 Å². The summed E-state index contributed by atoms with van der Waals surface area (Å²) in [6, 6.07) is 0. The largest absolute Gasteiger partial charge is 0.463 e. The van der Waals surface area contributed by atoms with Gasteiger partial charge in [0.05, 0.1) is 55.6 Å². The van der Waals surface area contributed by atoms with Crippen molar-refractivity contribution >= 4 is 5.97 Å². The summed E-state index contributed by atoms with van der Waals surface area (Å²) < 4.78 is 57.6. The molecule has 416 valence electrons. The minimum Gasteiger partial charge on any atom is -0.463 e. The van der Waals surface area contributed by atoms with Gasteiger partial charge >= 0.3 is 5.97 Å². The molecule has 5 aliphatic heterocycles. The summed E-state index contributed by atoms with van der Waals surface area (Å²) in [5.41, 5.74) is 0. The van der Waals surface area contributed by atoms with Crippen LogP contribution < -0.4 is 0 Å². The number of fused-ring (bicyclic) bond motifs is 1. The number of hydrogen-bond donors (Lipinski definition) is 15. The molecule has 72 heavy (non-hydrogen) atoms. The van der Waals surface area contributed by atoms with E-state index < -0.39 is 203 Å². The van der Waals surface area contributed by atoms with Gasteiger partial charge in [-0.1, -0.05) is 0 Å². The van der Waals surface area contributed by atoms with Crippen LogP contribution in [-0.4, -0.2) is 273 Å². The lowest BCUT2D eigenvalue weighted by molar-refractivity contribution is -0.366. The first-order valence-corrected chi connectivity index (χ1v) is 25.4. The number of carbonyl (C=O) groups is 1. The van der Waals surface area contributed by atoms with Gasteiger partial charge in [0.25, 0.3) is 0 Å². The first-order chi connectivity index (χ1) is 34.2. The number of aliphatic hydroxyl groups excluding tert-OH is 15. The van der Waals surface area contributed by atoms with E-state index in [-0.39, 0.29) is 25.2 Å². The van der Waals surface area contributed by atoms with Gasteiger partial charge < -0.3 is 124 Å². The third kappa shape index (κ3) is 12.4. The number of ether oxygens (including phenoxy) is 10. The molecule has 3 saturated carbocycles. The topological polar surface area (TPSA) is 416 Å². The fraction of sp³-hybridized carbons (Fsp3) is 0.978. The third-order valence-corrected chi connectivity index (χ3v) is 16.2. The SMILES string of the molecule is CC1OC(OCC2OC(OC3CC4C(O)CC(OC5OC(COC(=O)C6CCC(OC7OC(CO)C(O)C(O)C7O)CC6)C(O)C(O)C5O)CC4[OH+]C3C3CCC(O)CC3)C(O)C(O)C2O)C(O)C(O)C1O. The summed E-state index contributed by atoms with van der Waals surface area (Å²) in [5.74, 6) is -1.84. The molecule has 5 saturated heterocycles. The number of carbonyl (C=O) groups excluding carboxylic acids is 1. The van der Waals surface area contributed by atoms with Crippen molar-refractivity contribution in [2.45, 2.75) is 243 Å². The second-order valence-electron chi connectivity index (χ2n) is 21.1. The molecule has 0 aromatic carbocycles. The molecule has 0 aromatic heterocycles. The lowest BCUT2D eigenvalue weighted by Crippen LogP contribution is -2.64. The van der Waals surface area contributed by atoms with Crippen LogP contribution in [0.25, 0.3) is 0 Å². The molecule has 26 unspecified atom stereocenters. The van der Waals surface area contributed by atoms with Crippen LogP contribution in [0.2, 0.25) is 0 Å². The number of esters is 1. The molecule has 0 spiro atoms. The van der Waals surface area contributed by atoms with Gasteiger partial charge in [0, 0.05) is 18.8 Å². The van der Waals surface area contributed by atoms with E-state index in [9.17, 15) is 81.4 Å². The summed E-state index contributed by atoms with van der Waals surface area (Å²) in [4.78, 5) is 13.2. The van der Waals surface area contributed by atoms with Crippen molar-refractivity contribution < 1.29 is 129 Å². The summed E-state index contributed by atoms with van der Waals surface area (Å²) in [7, 11) is 0. The average Bonchev–Trinajstić information content (AvgIpc) is 3.37. The lowest BCUT2D eigenvalue weighted by atomic mass is 9.73. The molecule has 16 N–H and O–H groups in total. The van der Waals surface area contributed by atoms with E-state index in [0.717, 1.165) is 0 Å². The van der Waals surface area contributed by atoms with Gasteiger partial charge in [-0.3, -0.25) is 4.79 Å². The molecule has 0 amide bonds. The van der Waals surface area contributed by atoms with E-state index in [2.05, 4.69) is 0 Å². The van der Waals surface area contributed by atoms with Crippen molar-refractivity contribution in [3.05, 3.63) is 0 Å². The van der Waals surface area contributed by atoms with Crippen LogP contribution in [0.4, 0.5) is 0 Å². The molecule has 26 heteroatoms. The van der Waals surface area contributed by atoms with E-state index in [1.165, 1.54) is 6.92 Å². The zero-order chi connectivity index (χ0) is 51.9. The zero-order valence-corrected chi connectivity index (χ0v) is 40.0. The van der Waals surface area contributed by atoms with E-state index in [1.54, 1.807) is 0 Å². The van der Waals surface area contributed by atoms with Crippen LogP contribution in [0.3, 0.4) is 0 Å². The second-order valence-corrected chi connectivity index (χ2v) is 21.1. The molecule has 0 aromatic rings. The minimum atomic E-state index is -1.77. The third-order valence-electron chi connectivity index (χ3n) is 16.2. The summed E-state index contributed by atoms with van der Waals surface area (Å²) >= 11 is 0. The minimum absolute atomic E-state index is 0.0175. The van der Waals surface area contributed by atoms with Crippen molar-refractivity contribution in [3.8, 4) is 0 Å². The Morgan fingerprint density at radius 3 is 1.62 bits per heavy atom. The molecule has 0 bridgehead atoms. The highest BCUT2D eigenvalue weighted by molar-refractivity contribution is 5.72. The van der Waals surface area contributed by atoms with Gasteiger partial charge in [0.2, 0.25) is 0 Å². The highest BCUT2D eigenvalue weighted by atomic mass is 16.7. The Hall–Kier alpha value is -1.49. The smallest absolute Gasteiger partial charge is 0.309 e. The van der Waals surface area contributed by atoms with Gasteiger partial charge in [0.15, 0.2) is 37.4 Å². The van der Waals surface area contributed by atoms with Crippen molar-refractivity contribution in [1.82, 2.24) is 0 Å². The van der Waals surface area contributed by atoms with Crippen molar-refractivity contribution in [2.24, 2.45) is 17.8 Å².